The first-order valence-electron chi connectivity index (χ1n) is 8.75. The molecule has 1 saturated carbocycles. The molecular formula is C19H26N2O2. The largest absolute Gasteiger partial charge is 0.351 e. The standard InChI is InChI=1S/C19H26N2O2/c1-19(18(23)20-16-9-5-6-10-16)13-14-21(19)17(22)12-11-15-7-3-2-4-8-15/h2-4,7-8,16H,5-6,9-14H2,1H3,(H,20,23). The van der Waals surface area contributed by atoms with Crippen molar-refractivity contribution in [3.05, 3.63) is 35.9 Å². The number of hydrogen-bond donors (Lipinski definition) is 1. The first-order valence-corrected chi connectivity index (χ1v) is 8.75. The monoisotopic (exact) mass is 314 g/mol. The SMILES string of the molecule is CC1(C(=O)NC2CCCC2)CCN1C(=O)CCc1ccccc1. The van der Waals surface area contributed by atoms with Gasteiger partial charge in [-0.2, -0.15) is 0 Å². The summed E-state index contributed by atoms with van der Waals surface area (Å²) in [6.07, 6.45) is 6.51. The molecule has 2 amide bonds. The van der Waals surface area contributed by atoms with E-state index in [4.69, 9.17) is 0 Å². The van der Waals surface area contributed by atoms with Crippen LogP contribution in [0.3, 0.4) is 0 Å². The number of likely N-dealkylation sites (tertiary alicyclic amines) is 1. The Balaban J connectivity index is 1.54. The summed E-state index contributed by atoms with van der Waals surface area (Å²) in [5.41, 5.74) is 0.523. The maximum Gasteiger partial charge on any atom is 0.245 e. The number of hydrogen-bond acceptors (Lipinski definition) is 2. The summed E-state index contributed by atoms with van der Waals surface area (Å²) < 4.78 is 0. The Morgan fingerprint density at radius 3 is 2.52 bits per heavy atom. The lowest BCUT2D eigenvalue weighted by Gasteiger charge is -2.49. The third-order valence-corrected chi connectivity index (χ3v) is 5.37. The average Bonchev–Trinajstić information content (AvgIpc) is 3.05. The summed E-state index contributed by atoms with van der Waals surface area (Å²) >= 11 is 0. The molecule has 0 bridgehead atoms. The lowest BCUT2D eigenvalue weighted by atomic mass is 9.84. The number of aryl methyl sites for hydroxylation is 1. The molecule has 1 aliphatic heterocycles. The summed E-state index contributed by atoms with van der Waals surface area (Å²) in [5, 5.41) is 3.15. The van der Waals surface area contributed by atoms with Gasteiger partial charge in [0.1, 0.15) is 5.54 Å². The van der Waals surface area contributed by atoms with Crippen LogP contribution in [0.15, 0.2) is 30.3 Å². The minimum absolute atomic E-state index is 0.0312. The Kier molecular flexibility index (Phi) is 4.69. The maximum absolute atomic E-state index is 12.6. The van der Waals surface area contributed by atoms with Gasteiger partial charge in [-0.05, 0) is 38.2 Å². The molecule has 124 valence electrons. The second-order valence-electron chi connectivity index (χ2n) is 7.01. The van der Waals surface area contributed by atoms with E-state index in [-0.39, 0.29) is 11.8 Å². The van der Waals surface area contributed by atoms with Gasteiger partial charge in [0, 0.05) is 19.0 Å². The van der Waals surface area contributed by atoms with Gasteiger partial charge in [-0.3, -0.25) is 9.59 Å². The first kappa shape index (κ1) is 16.0. The molecule has 2 fully saturated rings. The van der Waals surface area contributed by atoms with Crippen molar-refractivity contribution < 1.29 is 9.59 Å². The zero-order valence-corrected chi connectivity index (χ0v) is 13.9. The quantitative estimate of drug-likeness (QED) is 0.908. The Hall–Kier alpha value is -1.84. The van der Waals surface area contributed by atoms with E-state index >= 15 is 0 Å². The maximum atomic E-state index is 12.6. The molecule has 1 atom stereocenters. The number of rotatable bonds is 5. The number of carbonyl (C=O) groups excluding carboxylic acids is 2. The zero-order valence-electron chi connectivity index (χ0n) is 13.9. The van der Waals surface area contributed by atoms with E-state index in [2.05, 4.69) is 5.32 Å². The molecule has 1 N–H and O–H groups in total. The molecule has 1 aromatic carbocycles. The highest BCUT2D eigenvalue weighted by Crippen LogP contribution is 2.32. The van der Waals surface area contributed by atoms with Crippen LogP contribution < -0.4 is 5.32 Å². The molecule has 3 rings (SSSR count). The van der Waals surface area contributed by atoms with Crippen molar-refractivity contribution in [3.8, 4) is 0 Å². The Morgan fingerprint density at radius 2 is 1.91 bits per heavy atom. The highest BCUT2D eigenvalue weighted by molar-refractivity contribution is 5.93. The van der Waals surface area contributed by atoms with Crippen LogP contribution in [0.25, 0.3) is 0 Å². The fourth-order valence-electron chi connectivity index (χ4n) is 3.64. The predicted molar refractivity (Wildman–Crippen MR) is 89.9 cm³/mol. The number of nitrogens with zero attached hydrogens (tertiary/aromatic N) is 1. The molecule has 4 nitrogen and oxygen atoms in total. The smallest absolute Gasteiger partial charge is 0.245 e. The van der Waals surface area contributed by atoms with E-state index in [1.807, 2.05) is 37.3 Å². The number of benzene rings is 1. The van der Waals surface area contributed by atoms with Gasteiger partial charge in [0.25, 0.3) is 0 Å². The third-order valence-electron chi connectivity index (χ3n) is 5.37. The van der Waals surface area contributed by atoms with Crippen molar-refractivity contribution >= 4 is 11.8 Å². The molecule has 23 heavy (non-hydrogen) atoms. The van der Waals surface area contributed by atoms with Gasteiger partial charge in [0.15, 0.2) is 0 Å². The number of nitrogens with one attached hydrogen (secondary N) is 1. The van der Waals surface area contributed by atoms with Gasteiger partial charge < -0.3 is 10.2 Å². The lowest BCUT2D eigenvalue weighted by molar-refractivity contribution is -0.157. The van der Waals surface area contributed by atoms with Gasteiger partial charge in [-0.15, -0.1) is 0 Å². The molecule has 4 heteroatoms. The van der Waals surface area contributed by atoms with Gasteiger partial charge in [0.2, 0.25) is 11.8 Å². The molecule has 2 aliphatic rings. The number of amides is 2. The average molecular weight is 314 g/mol. The summed E-state index contributed by atoms with van der Waals surface area (Å²) in [4.78, 5) is 26.9. The van der Waals surface area contributed by atoms with Crippen LogP contribution >= 0.6 is 0 Å². The minimum atomic E-state index is -0.642. The molecule has 1 aliphatic carbocycles. The van der Waals surface area contributed by atoms with Gasteiger partial charge in [-0.25, -0.2) is 0 Å². The second-order valence-corrected chi connectivity index (χ2v) is 7.01. The molecule has 1 saturated heterocycles. The summed E-state index contributed by atoms with van der Waals surface area (Å²) in [7, 11) is 0. The number of carbonyl (C=O) groups is 2. The van der Waals surface area contributed by atoms with Crippen molar-refractivity contribution in [2.45, 2.75) is 63.5 Å². The van der Waals surface area contributed by atoms with Crippen LogP contribution in [-0.4, -0.2) is 34.8 Å². The molecular weight excluding hydrogens is 288 g/mol. The van der Waals surface area contributed by atoms with Crippen molar-refractivity contribution in [3.63, 3.8) is 0 Å². The molecule has 1 heterocycles. The van der Waals surface area contributed by atoms with Crippen molar-refractivity contribution in [2.24, 2.45) is 0 Å². The normalized spacial score (nSPS) is 24.3. The van der Waals surface area contributed by atoms with Crippen LogP contribution in [0.1, 0.15) is 51.0 Å². The van der Waals surface area contributed by atoms with Crippen LogP contribution in [-0.2, 0) is 16.0 Å². The Morgan fingerprint density at radius 1 is 1.22 bits per heavy atom. The molecule has 0 radical (unpaired) electrons. The van der Waals surface area contributed by atoms with Crippen LogP contribution in [0.5, 0.6) is 0 Å². The van der Waals surface area contributed by atoms with Crippen LogP contribution in [0.4, 0.5) is 0 Å². The predicted octanol–water partition coefficient (Wildman–Crippen LogP) is 2.67. The van der Waals surface area contributed by atoms with Gasteiger partial charge in [-0.1, -0.05) is 43.2 Å². The fourth-order valence-corrected chi connectivity index (χ4v) is 3.64. The lowest BCUT2D eigenvalue weighted by Crippen LogP contribution is -2.68. The summed E-state index contributed by atoms with van der Waals surface area (Å²) in [5.74, 6) is 0.118. The van der Waals surface area contributed by atoms with Crippen LogP contribution in [0.2, 0.25) is 0 Å². The first-order chi connectivity index (χ1) is 11.1. The van der Waals surface area contributed by atoms with Crippen molar-refractivity contribution in [1.82, 2.24) is 10.2 Å². The molecule has 0 spiro atoms. The van der Waals surface area contributed by atoms with Crippen molar-refractivity contribution in [1.29, 1.82) is 0 Å². The van der Waals surface area contributed by atoms with E-state index in [1.165, 1.54) is 18.4 Å². The van der Waals surface area contributed by atoms with E-state index in [9.17, 15) is 9.59 Å². The van der Waals surface area contributed by atoms with Crippen molar-refractivity contribution in [2.75, 3.05) is 6.54 Å². The second kappa shape index (κ2) is 6.73. The van der Waals surface area contributed by atoms with E-state index in [1.54, 1.807) is 4.90 Å². The minimum Gasteiger partial charge on any atom is -0.351 e. The third kappa shape index (κ3) is 3.41. The van der Waals surface area contributed by atoms with E-state index < -0.39 is 5.54 Å². The molecule has 0 aromatic heterocycles. The summed E-state index contributed by atoms with van der Waals surface area (Å²) in [6.45, 7) is 2.60. The van der Waals surface area contributed by atoms with Crippen LogP contribution in [0, 0.1) is 0 Å². The fraction of sp³-hybridized carbons (Fsp3) is 0.579. The Labute approximate surface area is 138 Å². The highest BCUT2D eigenvalue weighted by Gasteiger charge is 2.49. The van der Waals surface area contributed by atoms with E-state index in [0.717, 1.165) is 25.7 Å². The highest BCUT2D eigenvalue weighted by atomic mass is 16.2. The Bertz CT molecular complexity index is 566. The molecule has 1 unspecified atom stereocenters. The summed E-state index contributed by atoms with van der Waals surface area (Å²) in [6, 6.07) is 10.3. The molecule has 1 aromatic rings. The van der Waals surface area contributed by atoms with Gasteiger partial charge >= 0.3 is 0 Å². The topological polar surface area (TPSA) is 49.4 Å². The van der Waals surface area contributed by atoms with Gasteiger partial charge in [0.05, 0.1) is 0 Å². The zero-order chi connectivity index (χ0) is 16.3. The van der Waals surface area contributed by atoms with E-state index in [0.29, 0.717) is 19.0 Å².